The Bertz CT molecular complexity index is 3300. The van der Waals surface area contributed by atoms with Crippen molar-refractivity contribution < 1.29 is 13.2 Å². The van der Waals surface area contributed by atoms with Crippen LogP contribution in [0.1, 0.15) is 22.3 Å². The molecule has 0 saturated carbocycles. The molecule has 0 atom stereocenters. The molecule has 10 aromatic rings. The monoisotopic (exact) mass is 782 g/mol. The van der Waals surface area contributed by atoms with Crippen LogP contribution in [0.5, 0.6) is 0 Å². The van der Waals surface area contributed by atoms with Crippen LogP contribution < -0.4 is 0 Å². The molecule has 60 heavy (non-hydrogen) atoms. The third-order valence-corrected chi connectivity index (χ3v) is 11.5. The Morgan fingerprint density at radius 1 is 0.500 bits per heavy atom. The standard InChI is InChI=1S/C53H33F3N4/c1-32-11-8-13-35(25-32)37-21-23-47-41(29-37)39-15-4-6-19-45(39)59(47)49-27-34(31-57)28-50(52(49)51-43(53(54,55)56)17-10-18-44(51)58-3)60-46-20-7-5-16-40(46)42-30-38(22-24-48(42)60)36-14-9-12-33(2)26-36/h4-30H,1-2H3. The highest BCUT2D eigenvalue weighted by molar-refractivity contribution is 6.13. The van der Waals surface area contributed by atoms with Crippen LogP contribution in [-0.4, -0.2) is 9.13 Å². The van der Waals surface area contributed by atoms with Crippen molar-refractivity contribution in [3.8, 4) is 50.8 Å². The van der Waals surface area contributed by atoms with Gasteiger partial charge in [-0.3, -0.25) is 0 Å². The molecule has 0 saturated heterocycles. The number of hydrogen-bond donors (Lipinski definition) is 0. The van der Waals surface area contributed by atoms with Crippen molar-refractivity contribution in [3.05, 3.63) is 197 Å². The summed E-state index contributed by atoms with van der Waals surface area (Å²) in [6.07, 6.45) is -4.81. The summed E-state index contributed by atoms with van der Waals surface area (Å²) in [4.78, 5) is 3.73. The molecule has 0 aliphatic heterocycles. The molecule has 0 aliphatic carbocycles. The predicted octanol–water partition coefficient (Wildman–Crippen LogP) is 14.9. The highest BCUT2D eigenvalue weighted by atomic mass is 19.4. The molecular weight excluding hydrogens is 750 g/mol. The molecule has 4 nitrogen and oxygen atoms in total. The van der Waals surface area contributed by atoms with E-state index in [1.807, 2.05) is 120 Å². The third kappa shape index (κ3) is 5.82. The summed E-state index contributed by atoms with van der Waals surface area (Å²) in [7, 11) is 0. The van der Waals surface area contributed by atoms with Crippen molar-refractivity contribution >= 4 is 49.3 Å². The van der Waals surface area contributed by atoms with Crippen LogP contribution in [0.2, 0.25) is 0 Å². The average molecular weight is 783 g/mol. The fourth-order valence-corrected chi connectivity index (χ4v) is 8.89. The van der Waals surface area contributed by atoms with Crippen LogP contribution in [0.25, 0.3) is 93.2 Å². The van der Waals surface area contributed by atoms with Crippen LogP contribution in [0.3, 0.4) is 0 Å². The largest absolute Gasteiger partial charge is 0.415 e. The molecule has 7 heteroatoms. The van der Waals surface area contributed by atoms with E-state index in [9.17, 15) is 5.26 Å². The smallest absolute Gasteiger partial charge is 0.309 e. The van der Waals surface area contributed by atoms with Gasteiger partial charge in [-0.1, -0.05) is 126 Å². The number of aryl methyl sites for hydroxylation is 2. The number of para-hydroxylation sites is 2. The number of alkyl halides is 3. The van der Waals surface area contributed by atoms with Gasteiger partial charge in [0.25, 0.3) is 0 Å². The van der Waals surface area contributed by atoms with Crippen molar-refractivity contribution in [3.63, 3.8) is 0 Å². The number of hydrogen-bond acceptors (Lipinski definition) is 1. The van der Waals surface area contributed by atoms with Gasteiger partial charge in [-0.25, -0.2) is 4.85 Å². The van der Waals surface area contributed by atoms with Gasteiger partial charge in [-0.15, -0.1) is 0 Å². The maximum atomic E-state index is 15.5. The second kappa shape index (κ2) is 13.9. The molecule has 0 spiro atoms. The molecule has 0 N–H and O–H groups in total. The summed E-state index contributed by atoms with van der Waals surface area (Å²) in [5.74, 6) is 0. The Balaban J connectivity index is 1.38. The Kier molecular flexibility index (Phi) is 8.45. The number of rotatable bonds is 5. The molecule has 286 valence electrons. The highest BCUT2D eigenvalue weighted by Crippen LogP contribution is 2.50. The molecule has 2 aromatic heterocycles. The summed E-state index contributed by atoms with van der Waals surface area (Å²) in [6.45, 7) is 12.4. The third-order valence-electron chi connectivity index (χ3n) is 11.5. The van der Waals surface area contributed by atoms with E-state index in [0.717, 1.165) is 83.1 Å². The number of fused-ring (bicyclic) bond motifs is 6. The Morgan fingerprint density at radius 3 is 1.43 bits per heavy atom. The topological polar surface area (TPSA) is 38.0 Å². The molecular formula is C53H33F3N4. The summed E-state index contributed by atoms with van der Waals surface area (Å²) in [5, 5.41) is 14.3. The van der Waals surface area contributed by atoms with Gasteiger partial charge >= 0.3 is 6.18 Å². The van der Waals surface area contributed by atoms with Gasteiger partial charge in [0.1, 0.15) is 0 Å². The normalized spacial score (nSPS) is 11.7. The zero-order chi connectivity index (χ0) is 41.3. The molecule has 0 fully saturated rings. The molecule has 8 aromatic carbocycles. The van der Waals surface area contributed by atoms with Crippen LogP contribution in [0.4, 0.5) is 18.9 Å². The van der Waals surface area contributed by atoms with Crippen LogP contribution in [0, 0.1) is 31.8 Å². The molecule has 0 aliphatic rings. The van der Waals surface area contributed by atoms with Gasteiger partial charge in [-0.2, -0.15) is 18.4 Å². The first-order chi connectivity index (χ1) is 29.1. The lowest BCUT2D eigenvalue weighted by molar-refractivity contribution is -0.137. The maximum Gasteiger partial charge on any atom is 0.415 e. The van der Waals surface area contributed by atoms with Crippen LogP contribution in [0.15, 0.2) is 164 Å². The van der Waals surface area contributed by atoms with E-state index < -0.39 is 11.7 Å². The first kappa shape index (κ1) is 36.5. The Hall–Kier alpha value is -7.87. The number of nitrogens with zero attached hydrogens (tertiary/aromatic N) is 4. The molecule has 0 radical (unpaired) electrons. The minimum absolute atomic E-state index is 0.151. The molecule has 0 amide bonds. The van der Waals surface area contributed by atoms with Gasteiger partial charge in [0.2, 0.25) is 0 Å². The molecule has 10 rings (SSSR count). The average Bonchev–Trinajstić information content (AvgIpc) is 3.77. The van der Waals surface area contributed by atoms with Crippen molar-refractivity contribution in [2.24, 2.45) is 0 Å². The quantitative estimate of drug-likeness (QED) is 0.160. The lowest BCUT2D eigenvalue weighted by atomic mass is 9.92. The van der Waals surface area contributed by atoms with Crippen molar-refractivity contribution in [1.82, 2.24) is 9.13 Å². The molecule has 0 unspecified atom stereocenters. The van der Waals surface area contributed by atoms with Crippen molar-refractivity contribution in [2.45, 2.75) is 20.0 Å². The lowest BCUT2D eigenvalue weighted by Crippen LogP contribution is -2.11. The SMILES string of the molecule is [C-]#[N+]c1cccc(C(F)(F)F)c1-c1c(-n2c3ccccc3c3cc(-c4cccc(C)c4)ccc32)cc(C#N)cc1-n1c2ccccc2c2cc(-c3cccc(C)c3)ccc21. The van der Waals surface area contributed by atoms with E-state index in [1.54, 1.807) is 12.1 Å². The van der Waals surface area contributed by atoms with E-state index in [0.29, 0.717) is 11.4 Å². The minimum Gasteiger partial charge on any atom is -0.309 e. The summed E-state index contributed by atoms with van der Waals surface area (Å²) in [6, 6.07) is 53.8. The van der Waals surface area contributed by atoms with Crippen LogP contribution >= 0.6 is 0 Å². The second-order valence-corrected chi connectivity index (χ2v) is 15.2. The number of nitriles is 1. The first-order valence-corrected chi connectivity index (χ1v) is 19.5. The van der Waals surface area contributed by atoms with Crippen LogP contribution in [-0.2, 0) is 6.18 Å². The van der Waals surface area contributed by atoms with Crippen molar-refractivity contribution in [1.29, 1.82) is 5.26 Å². The van der Waals surface area contributed by atoms with Crippen molar-refractivity contribution in [2.75, 3.05) is 0 Å². The van der Waals surface area contributed by atoms with Gasteiger partial charge in [0.15, 0.2) is 5.69 Å². The van der Waals surface area contributed by atoms with E-state index >= 15 is 13.2 Å². The van der Waals surface area contributed by atoms with Gasteiger partial charge in [0, 0.05) is 32.7 Å². The number of aromatic nitrogens is 2. The van der Waals surface area contributed by atoms with E-state index in [4.69, 9.17) is 6.57 Å². The summed E-state index contributed by atoms with van der Waals surface area (Å²) < 4.78 is 50.3. The van der Waals surface area contributed by atoms with Gasteiger partial charge in [0.05, 0.1) is 57.2 Å². The van der Waals surface area contributed by atoms with E-state index in [2.05, 4.69) is 47.3 Å². The zero-order valence-corrected chi connectivity index (χ0v) is 32.5. The fraction of sp³-hybridized carbons (Fsp3) is 0.0566. The fourth-order valence-electron chi connectivity index (χ4n) is 8.89. The Morgan fingerprint density at radius 2 is 0.967 bits per heavy atom. The molecule has 2 heterocycles. The van der Waals surface area contributed by atoms with E-state index in [1.165, 1.54) is 12.1 Å². The second-order valence-electron chi connectivity index (χ2n) is 15.2. The lowest BCUT2D eigenvalue weighted by Gasteiger charge is -2.24. The molecule has 0 bridgehead atoms. The zero-order valence-electron chi connectivity index (χ0n) is 32.5. The van der Waals surface area contributed by atoms with Gasteiger partial charge in [-0.05, 0) is 84.6 Å². The highest BCUT2D eigenvalue weighted by Gasteiger charge is 2.37. The van der Waals surface area contributed by atoms with Gasteiger partial charge < -0.3 is 9.13 Å². The Labute approximate surface area is 344 Å². The first-order valence-electron chi connectivity index (χ1n) is 19.5. The minimum atomic E-state index is -4.81. The summed E-state index contributed by atoms with van der Waals surface area (Å²) >= 11 is 0. The number of halogens is 3. The summed E-state index contributed by atoms with van der Waals surface area (Å²) in [5.41, 5.74) is 9.09. The van der Waals surface area contributed by atoms with E-state index in [-0.39, 0.29) is 22.4 Å². The maximum absolute atomic E-state index is 15.5. The predicted molar refractivity (Wildman–Crippen MR) is 237 cm³/mol. The number of benzene rings is 8.